The van der Waals surface area contributed by atoms with E-state index >= 15 is 0 Å². The molecule has 0 unspecified atom stereocenters. The molecule has 0 bridgehead atoms. The summed E-state index contributed by atoms with van der Waals surface area (Å²) >= 11 is 2.83. The molecule has 0 aromatic carbocycles. The lowest BCUT2D eigenvalue weighted by Gasteiger charge is -2.05. The van der Waals surface area contributed by atoms with E-state index in [9.17, 15) is 9.59 Å². The lowest BCUT2D eigenvalue weighted by atomic mass is 10.3. The van der Waals surface area contributed by atoms with Crippen LogP contribution in [0.1, 0.15) is 10.6 Å². The van der Waals surface area contributed by atoms with Crippen molar-refractivity contribution in [3.8, 4) is 5.82 Å². The second-order valence-electron chi connectivity index (χ2n) is 6.03. The van der Waals surface area contributed by atoms with Crippen molar-refractivity contribution in [3.63, 3.8) is 0 Å². The molecule has 0 aliphatic carbocycles. The Kier molecular flexibility index (Phi) is 5.73. The van der Waals surface area contributed by atoms with Gasteiger partial charge in [0.05, 0.1) is 30.4 Å². The minimum absolute atomic E-state index is 0.109. The van der Waals surface area contributed by atoms with E-state index < -0.39 is 0 Å². The van der Waals surface area contributed by atoms with Crippen molar-refractivity contribution in [2.45, 2.75) is 12.8 Å². The van der Waals surface area contributed by atoms with Crippen LogP contribution in [0.25, 0.3) is 5.82 Å². The molecule has 0 aliphatic heterocycles. The van der Waals surface area contributed by atoms with Gasteiger partial charge in [-0.25, -0.2) is 14.6 Å². The zero-order chi connectivity index (χ0) is 20.1. The first-order valence-corrected chi connectivity index (χ1v) is 10.4. The van der Waals surface area contributed by atoms with Crippen molar-refractivity contribution in [1.82, 2.24) is 19.7 Å². The molecule has 2 N–H and O–H groups in total. The number of anilines is 2. The summed E-state index contributed by atoms with van der Waals surface area (Å²) in [4.78, 5) is 33.9. The quantitative estimate of drug-likeness (QED) is 0.475. The Morgan fingerprint density at radius 2 is 1.93 bits per heavy atom. The van der Waals surface area contributed by atoms with Gasteiger partial charge in [0, 0.05) is 22.7 Å². The van der Waals surface area contributed by atoms with Crippen molar-refractivity contribution < 1.29 is 9.59 Å². The first kappa shape index (κ1) is 19.0. The topological polar surface area (TPSA) is 102 Å². The highest BCUT2D eigenvalue weighted by Crippen LogP contribution is 2.18. The van der Waals surface area contributed by atoms with Crippen molar-refractivity contribution >= 4 is 45.3 Å². The van der Waals surface area contributed by atoms with E-state index in [1.807, 2.05) is 23.6 Å². The van der Waals surface area contributed by atoms with Crippen LogP contribution in [0.15, 0.2) is 59.7 Å². The molecule has 2 amide bonds. The number of thiazole rings is 1. The van der Waals surface area contributed by atoms with Crippen LogP contribution in [0.3, 0.4) is 0 Å². The van der Waals surface area contributed by atoms with Gasteiger partial charge in [0.2, 0.25) is 11.8 Å². The zero-order valence-corrected chi connectivity index (χ0v) is 16.7. The van der Waals surface area contributed by atoms with Crippen molar-refractivity contribution in [1.29, 1.82) is 0 Å². The fraction of sp³-hybridized carbons (Fsp3) is 0.105. The molecule has 0 spiro atoms. The largest absolute Gasteiger partial charge is 0.324 e. The molecule has 146 valence electrons. The van der Waals surface area contributed by atoms with Crippen LogP contribution in [0, 0.1) is 0 Å². The molecule has 0 atom stereocenters. The third-order valence-electron chi connectivity index (χ3n) is 3.83. The molecule has 4 aromatic heterocycles. The molecule has 10 heteroatoms. The number of pyridine rings is 1. The Morgan fingerprint density at radius 3 is 2.66 bits per heavy atom. The zero-order valence-electron chi connectivity index (χ0n) is 15.1. The van der Waals surface area contributed by atoms with E-state index in [-0.39, 0.29) is 18.2 Å². The van der Waals surface area contributed by atoms with Crippen LogP contribution in [0.4, 0.5) is 10.8 Å². The van der Waals surface area contributed by atoms with Gasteiger partial charge in [-0.3, -0.25) is 9.59 Å². The Balaban J connectivity index is 1.29. The Labute approximate surface area is 174 Å². The molecule has 29 heavy (non-hydrogen) atoms. The maximum absolute atomic E-state index is 12.3. The van der Waals surface area contributed by atoms with Crippen LogP contribution in [-0.4, -0.2) is 31.6 Å². The average Bonchev–Trinajstić information content (AvgIpc) is 3.45. The van der Waals surface area contributed by atoms with Crippen molar-refractivity contribution in [2.75, 3.05) is 10.6 Å². The summed E-state index contributed by atoms with van der Waals surface area (Å²) in [6, 6.07) is 9.17. The number of aromatic nitrogens is 4. The van der Waals surface area contributed by atoms with E-state index in [1.54, 1.807) is 40.8 Å². The number of hydrogen-bond donors (Lipinski definition) is 2. The van der Waals surface area contributed by atoms with Gasteiger partial charge in [0.25, 0.3) is 0 Å². The molecule has 0 saturated carbocycles. The van der Waals surface area contributed by atoms with Gasteiger partial charge < -0.3 is 10.6 Å². The lowest BCUT2D eigenvalue weighted by molar-refractivity contribution is -0.116. The summed E-state index contributed by atoms with van der Waals surface area (Å²) in [5.74, 6) is 0.331. The first-order valence-electron chi connectivity index (χ1n) is 8.68. The van der Waals surface area contributed by atoms with Gasteiger partial charge in [-0.1, -0.05) is 6.07 Å². The van der Waals surface area contributed by atoms with Gasteiger partial charge in [-0.05, 0) is 29.6 Å². The highest BCUT2D eigenvalue weighted by Gasteiger charge is 2.11. The molecular formula is C19H16N6O2S2. The third-order valence-corrected chi connectivity index (χ3v) is 5.51. The molecule has 8 nitrogen and oxygen atoms in total. The minimum atomic E-state index is -0.208. The predicted molar refractivity (Wildman–Crippen MR) is 112 cm³/mol. The van der Waals surface area contributed by atoms with Crippen molar-refractivity contribution in [3.05, 3.63) is 70.3 Å². The maximum Gasteiger partial charge on any atom is 0.231 e. The van der Waals surface area contributed by atoms with Gasteiger partial charge in [0.15, 0.2) is 10.9 Å². The lowest BCUT2D eigenvalue weighted by Crippen LogP contribution is -2.16. The highest BCUT2D eigenvalue weighted by molar-refractivity contribution is 7.14. The second-order valence-corrected chi connectivity index (χ2v) is 7.92. The van der Waals surface area contributed by atoms with Gasteiger partial charge >= 0.3 is 0 Å². The molecule has 0 aliphatic rings. The summed E-state index contributed by atoms with van der Waals surface area (Å²) < 4.78 is 1.63. The normalized spacial score (nSPS) is 10.6. The van der Waals surface area contributed by atoms with E-state index in [4.69, 9.17) is 0 Å². The summed E-state index contributed by atoms with van der Waals surface area (Å²) in [5, 5.41) is 13.8. The van der Waals surface area contributed by atoms with E-state index in [0.717, 1.165) is 4.88 Å². The molecule has 4 rings (SSSR count). The number of carbonyl (C=O) groups is 2. The van der Waals surface area contributed by atoms with Gasteiger partial charge in [-0.2, -0.15) is 5.10 Å². The monoisotopic (exact) mass is 424 g/mol. The standard InChI is InChI=1S/C19H16N6O2S2/c26-17(22-13-4-5-16(20-11-13)25-7-2-6-21-25)9-14-12-29-19(23-14)24-18(27)10-15-3-1-8-28-15/h1-8,11-12H,9-10H2,(H,22,26)(H,23,24,27). The fourth-order valence-electron chi connectivity index (χ4n) is 2.55. The smallest absolute Gasteiger partial charge is 0.231 e. The number of thiophene rings is 1. The van der Waals surface area contributed by atoms with Crippen LogP contribution < -0.4 is 10.6 Å². The van der Waals surface area contributed by atoms with E-state index in [0.29, 0.717) is 28.8 Å². The summed E-state index contributed by atoms with van der Waals surface area (Å²) in [7, 11) is 0. The Hall–Kier alpha value is -3.37. The third kappa shape index (κ3) is 5.12. The molecule has 0 saturated heterocycles. The number of nitrogens with zero attached hydrogens (tertiary/aromatic N) is 4. The van der Waals surface area contributed by atoms with Gasteiger partial charge in [0.1, 0.15) is 0 Å². The molecule has 0 fully saturated rings. The van der Waals surface area contributed by atoms with Crippen LogP contribution >= 0.6 is 22.7 Å². The number of nitrogens with one attached hydrogen (secondary N) is 2. The van der Waals surface area contributed by atoms with Crippen LogP contribution in [-0.2, 0) is 22.4 Å². The van der Waals surface area contributed by atoms with Gasteiger partial charge in [-0.15, -0.1) is 22.7 Å². The molecule has 4 aromatic rings. The Morgan fingerprint density at radius 1 is 1.03 bits per heavy atom. The molecular weight excluding hydrogens is 408 g/mol. The van der Waals surface area contributed by atoms with E-state index in [1.165, 1.54) is 22.7 Å². The first-order chi connectivity index (χ1) is 14.2. The molecule has 4 heterocycles. The predicted octanol–water partition coefficient (Wildman–Crippen LogP) is 3.15. The summed E-state index contributed by atoms with van der Waals surface area (Å²) in [6.45, 7) is 0. The average molecular weight is 425 g/mol. The number of hydrogen-bond acceptors (Lipinski definition) is 7. The maximum atomic E-state index is 12.3. The molecule has 0 radical (unpaired) electrons. The van der Waals surface area contributed by atoms with Crippen LogP contribution in [0.2, 0.25) is 0 Å². The fourth-order valence-corrected chi connectivity index (χ4v) is 3.98. The number of amides is 2. The highest BCUT2D eigenvalue weighted by atomic mass is 32.1. The van der Waals surface area contributed by atoms with E-state index in [2.05, 4.69) is 25.7 Å². The second kappa shape index (κ2) is 8.76. The number of rotatable bonds is 7. The SMILES string of the molecule is O=C(Cc1csc(NC(=O)Cc2cccs2)n1)Nc1ccc(-n2cccn2)nc1. The van der Waals surface area contributed by atoms with Crippen LogP contribution in [0.5, 0.6) is 0 Å². The number of carbonyl (C=O) groups excluding carboxylic acids is 2. The Bertz CT molecular complexity index is 1090. The summed E-state index contributed by atoms with van der Waals surface area (Å²) in [5.41, 5.74) is 1.19. The van der Waals surface area contributed by atoms with Crippen molar-refractivity contribution in [2.24, 2.45) is 0 Å². The minimum Gasteiger partial charge on any atom is -0.324 e. The summed E-state index contributed by atoms with van der Waals surface area (Å²) in [6.07, 6.45) is 5.46.